The molecule has 1 atom stereocenters. The zero-order valence-electron chi connectivity index (χ0n) is 10.9. The van der Waals surface area contributed by atoms with Gasteiger partial charge in [-0.25, -0.2) is 4.98 Å². The maximum Gasteiger partial charge on any atom is 0.131 e. The van der Waals surface area contributed by atoms with Crippen LogP contribution in [0.3, 0.4) is 0 Å². The summed E-state index contributed by atoms with van der Waals surface area (Å²) in [5.41, 5.74) is 2.22. The molecule has 2 rings (SSSR count). The van der Waals surface area contributed by atoms with Gasteiger partial charge in [-0.15, -0.1) is 11.3 Å². The molecule has 2 aromatic rings. The summed E-state index contributed by atoms with van der Waals surface area (Å²) in [6.07, 6.45) is 0. The number of rotatable bonds is 5. The molecule has 18 heavy (non-hydrogen) atoms. The average molecular weight is 262 g/mol. The normalized spacial score (nSPS) is 12.4. The molecule has 0 saturated carbocycles. The van der Waals surface area contributed by atoms with Crippen LogP contribution in [-0.4, -0.2) is 12.0 Å². The molecule has 0 saturated heterocycles. The number of thiazole rings is 1. The number of benzene rings is 1. The highest BCUT2D eigenvalue weighted by atomic mass is 32.1. The van der Waals surface area contributed by atoms with Gasteiger partial charge in [-0.05, 0) is 38.6 Å². The number of ether oxygens (including phenoxy) is 1. The van der Waals surface area contributed by atoms with Crippen molar-refractivity contribution >= 4 is 11.3 Å². The Morgan fingerprint density at radius 1 is 1.44 bits per heavy atom. The van der Waals surface area contributed by atoms with Gasteiger partial charge in [0.15, 0.2) is 0 Å². The largest absolute Gasteiger partial charge is 0.487 e. The zero-order valence-corrected chi connectivity index (χ0v) is 11.8. The molecule has 0 fully saturated rings. The van der Waals surface area contributed by atoms with Crippen molar-refractivity contribution in [1.82, 2.24) is 10.3 Å². The maximum atomic E-state index is 5.76. The lowest BCUT2D eigenvalue weighted by atomic mass is 10.1. The first-order valence-corrected chi connectivity index (χ1v) is 6.88. The van der Waals surface area contributed by atoms with Gasteiger partial charge < -0.3 is 10.1 Å². The van der Waals surface area contributed by atoms with E-state index < -0.39 is 0 Å². The summed E-state index contributed by atoms with van der Waals surface area (Å²) < 4.78 is 5.76. The van der Waals surface area contributed by atoms with E-state index in [-0.39, 0.29) is 0 Å². The molecular weight excluding hydrogens is 244 g/mol. The maximum absolute atomic E-state index is 5.76. The van der Waals surface area contributed by atoms with Crippen LogP contribution in [0, 0.1) is 6.92 Å². The second-order valence-electron chi connectivity index (χ2n) is 4.23. The molecule has 0 bridgehead atoms. The molecule has 1 heterocycles. The summed E-state index contributed by atoms with van der Waals surface area (Å²) in [6.45, 7) is 4.66. The second-order valence-corrected chi connectivity index (χ2v) is 5.29. The lowest BCUT2D eigenvalue weighted by Gasteiger charge is -2.12. The van der Waals surface area contributed by atoms with E-state index in [1.165, 1.54) is 5.56 Å². The Labute approximate surface area is 112 Å². The molecule has 4 heteroatoms. The number of hydrogen-bond donors (Lipinski definition) is 1. The van der Waals surface area contributed by atoms with Gasteiger partial charge in [0.2, 0.25) is 0 Å². The molecule has 1 aromatic heterocycles. The summed E-state index contributed by atoms with van der Waals surface area (Å²) in [4.78, 5) is 4.38. The van der Waals surface area contributed by atoms with E-state index in [2.05, 4.69) is 29.4 Å². The van der Waals surface area contributed by atoms with Crippen LogP contribution in [0.15, 0.2) is 29.6 Å². The molecule has 0 aliphatic carbocycles. The molecule has 0 aliphatic heterocycles. The molecule has 1 aromatic carbocycles. The molecular formula is C14H18N2OS. The third-order valence-corrected chi connectivity index (χ3v) is 3.67. The second kappa shape index (κ2) is 5.98. The molecule has 0 radical (unpaired) electrons. The highest BCUT2D eigenvalue weighted by molar-refractivity contribution is 7.09. The van der Waals surface area contributed by atoms with Crippen LogP contribution in [0.5, 0.6) is 5.75 Å². The topological polar surface area (TPSA) is 34.1 Å². The number of aromatic nitrogens is 1. The van der Waals surface area contributed by atoms with E-state index in [1.807, 2.05) is 31.5 Å². The number of aryl methyl sites for hydroxylation is 1. The first kappa shape index (κ1) is 13.1. The monoisotopic (exact) mass is 262 g/mol. The summed E-state index contributed by atoms with van der Waals surface area (Å²) >= 11 is 1.65. The third kappa shape index (κ3) is 3.31. The first-order chi connectivity index (χ1) is 8.69. The zero-order chi connectivity index (χ0) is 13.0. The van der Waals surface area contributed by atoms with Gasteiger partial charge >= 0.3 is 0 Å². The van der Waals surface area contributed by atoms with Gasteiger partial charge in [0, 0.05) is 11.4 Å². The summed E-state index contributed by atoms with van der Waals surface area (Å²) in [7, 11) is 1.95. The fourth-order valence-corrected chi connectivity index (χ4v) is 2.27. The minimum Gasteiger partial charge on any atom is -0.487 e. The Balaban J connectivity index is 2.01. The van der Waals surface area contributed by atoms with Crippen LogP contribution in [-0.2, 0) is 6.61 Å². The predicted molar refractivity (Wildman–Crippen MR) is 75.1 cm³/mol. The van der Waals surface area contributed by atoms with Crippen molar-refractivity contribution in [3.05, 3.63) is 45.9 Å². The number of nitrogens with one attached hydrogen (secondary N) is 1. The van der Waals surface area contributed by atoms with Crippen molar-refractivity contribution in [1.29, 1.82) is 0 Å². The van der Waals surface area contributed by atoms with Crippen molar-refractivity contribution < 1.29 is 4.74 Å². The SMILES string of the molecule is CNC(C)c1cccc(OCc2csc(C)n2)c1. The van der Waals surface area contributed by atoms with Crippen LogP contribution < -0.4 is 10.1 Å². The molecule has 1 unspecified atom stereocenters. The molecule has 0 amide bonds. The first-order valence-electron chi connectivity index (χ1n) is 6.00. The molecule has 1 N–H and O–H groups in total. The molecule has 96 valence electrons. The Morgan fingerprint density at radius 3 is 2.94 bits per heavy atom. The van der Waals surface area contributed by atoms with Crippen molar-refractivity contribution in [2.45, 2.75) is 26.5 Å². The van der Waals surface area contributed by atoms with Crippen LogP contribution >= 0.6 is 11.3 Å². The van der Waals surface area contributed by atoms with E-state index >= 15 is 0 Å². The quantitative estimate of drug-likeness (QED) is 0.897. The van der Waals surface area contributed by atoms with E-state index in [0.29, 0.717) is 12.6 Å². The van der Waals surface area contributed by atoms with Gasteiger partial charge in [0.1, 0.15) is 12.4 Å². The lowest BCUT2D eigenvalue weighted by molar-refractivity contribution is 0.301. The smallest absolute Gasteiger partial charge is 0.131 e. The van der Waals surface area contributed by atoms with Gasteiger partial charge in [0.25, 0.3) is 0 Å². The fourth-order valence-electron chi connectivity index (χ4n) is 1.67. The highest BCUT2D eigenvalue weighted by Crippen LogP contribution is 2.20. The van der Waals surface area contributed by atoms with Crippen LogP contribution in [0.2, 0.25) is 0 Å². The molecule has 0 spiro atoms. The van der Waals surface area contributed by atoms with E-state index in [4.69, 9.17) is 4.74 Å². The van der Waals surface area contributed by atoms with Crippen LogP contribution in [0.4, 0.5) is 0 Å². The molecule has 3 nitrogen and oxygen atoms in total. The van der Waals surface area contributed by atoms with E-state index in [1.54, 1.807) is 11.3 Å². The van der Waals surface area contributed by atoms with E-state index in [9.17, 15) is 0 Å². The fraction of sp³-hybridized carbons (Fsp3) is 0.357. The highest BCUT2D eigenvalue weighted by Gasteiger charge is 2.04. The molecule has 0 aliphatic rings. The van der Waals surface area contributed by atoms with E-state index in [0.717, 1.165) is 16.5 Å². The van der Waals surface area contributed by atoms with Crippen LogP contribution in [0.1, 0.15) is 29.2 Å². The summed E-state index contributed by atoms with van der Waals surface area (Å²) in [6, 6.07) is 8.49. The average Bonchev–Trinajstić information content (AvgIpc) is 2.81. The Morgan fingerprint density at radius 2 is 2.28 bits per heavy atom. The summed E-state index contributed by atoms with van der Waals surface area (Å²) in [5.74, 6) is 0.889. The van der Waals surface area contributed by atoms with Gasteiger partial charge in [-0.1, -0.05) is 12.1 Å². The standard InChI is InChI=1S/C14H18N2OS/c1-10(15-3)12-5-4-6-14(7-12)17-8-13-9-18-11(2)16-13/h4-7,9-10,15H,8H2,1-3H3. The number of hydrogen-bond acceptors (Lipinski definition) is 4. The Kier molecular flexibility index (Phi) is 4.33. The van der Waals surface area contributed by atoms with Crippen molar-refractivity contribution in [2.24, 2.45) is 0 Å². The summed E-state index contributed by atoms with van der Waals surface area (Å²) in [5, 5.41) is 6.33. The van der Waals surface area contributed by atoms with Crippen LogP contribution in [0.25, 0.3) is 0 Å². The third-order valence-electron chi connectivity index (χ3n) is 2.84. The Bertz CT molecular complexity index is 510. The number of nitrogens with zero attached hydrogens (tertiary/aromatic N) is 1. The van der Waals surface area contributed by atoms with Gasteiger partial charge in [0.05, 0.1) is 10.7 Å². The minimum atomic E-state index is 0.329. The van der Waals surface area contributed by atoms with Gasteiger partial charge in [-0.3, -0.25) is 0 Å². The lowest BCUT2D eigenvalue weighted by Crippen LogP contribution is -2.12. The van der Waals surface area contributed by atoms with Crippen molar-refractivity contribution in [3.8, 4) is 5.75 Å². The van der Waals surface area contributed by atoms with Crippen molar-refractivity contribution in [2.75, 3.05) is 7.05 Å². The van der Waals surface area contributed by atoms with Gasteiger partial charge in [-0.2, -0.15) is 0 Å². The Hall–Kier alpha value is -1.39. The predicted octanol–water partition coefficient (Wildman–Crippen LogP) is 3.31. The minimum absolute atomic E-state index is 0.329. The van der Waals surface area contributed by atoms with Crippen molar-refractivity contribution in [3.63, 3.8) is 0 Å².